The van der Waals surface area contributed by atoms with Gasteiger partial charge in [0.25, 0.3) is 0 Å². The van der Waals surface area contributed by atoms with Crippen LogP contribution < -0.4 is 0 Å². The third kappa shape index (κ3) is 3.88. The van der Waals surface area contributed by atoms with Gasteiger partial charge in [0.2, 0.25) is 5.24 Å². The van der Waals surface area contributed by atoms with Crippen molar-refractivity contribution >= 4 is 16.8 Å². The van der Waals surface area contributed by atoms with Crippen molar-refractivity contribution in [3.63, 3.8) is 0 Å². The molecule has 2 rings (SSSR count). The van der Waals surface area contributed by atoms with Gasteiger partial charge < -0.3 is 0 Å². The van der Waals surface area contributed by atoms with Gasteiger partial charge in [-0.05, 0) is 71.2 Å². The van der Waals surface area contributed by atoms with Gasteiger partial charge in [0.15, 0.2) is 0 Å². The summed E-state index contributed by atoms with van der Waals surface area (Å²) >= 11 is 5.38. The summed E-state index contributed by atoms with van der Waals surface area (Å²) < 4.78 is 0. The first kappa shape index (κ1) is 16.5. The number of aryl methyl sites for hydroxylation is 1. The van der Waals surface area contributed by atoms with Crippen LogP contribution >= 0.6 is 11.6 Å². The highest BCUT2D eigenvalue weighted by Crippen LogP contribution is 2.45. The number of rotatable bonds is 5. The van der Waals surface area contributed by atoms with E-state index in [4.69, 9.17) is 11.6 Å². The van der Waals surface area contributed by atoms with E-state index in [1.807, 2.05) is 0 Å². The van der Waals surface area contributed by atoms with Crippen LogP contribution in [0.25, 0.3) is 0 Å². The van der Waals surface area contributed by atoms with Crippen LogP contribution in [0.4, 0.5) is 0 Å². The molecular formula is C19H27ClO. The van der Waals surface area contributed by atoms with Crippen molar-refractivity contribution < 1.29 is 4.79 Å². The molecule has 0 aromatic heterocycles. The first-order valence-corrected chi connectivity index (χ1v) is 8.42. The van der Waals surface area contributed by atoms with Gasteiger partial charge >= 0.3 is 0 Å². The molecule has 1 aromatic rings. The molecule has 1 nitrogen and oxygen atoms in total. The van der Waals surface area contributed by atoms with E-state index in [1.165, 1.54) is 29.5 Å². The topological polar surface area (TPSA) is 17.1 Å². The molecule has 2 heteroatoms. The Kier molecular flexibility index (Phi) is 4.82. The molecule has 0 fully saturated rings. The highest BCUT2D eigenvalue weighted by molar-refractivity contribution is 6.63. The second kappa shape index (κ2) is 6.12. The molecule has 116 valence electrons. The Hall–Kier alpha value is -0.820. The van der Waals surface area contributed by atoms with E-state index in [-0.39, 0.29) is 16.1 Å². The summed E-state index contributed by atoms with van der Waals surface area (Å²) in [6.07, 6.45) is 5.94. The number of halogens is 1. The van der Waals surface area contributed by atoms with Gasteiger partial charge in [0.1, 0.15) is 0 Å². The van der Waals surface area contributed by atoms with E-state index >= 15 is 0 Å². The van der Waals surface area contributed by atoms with Gasteiger partial charge in [0, 0.05) is 6.42 Å². The molecule has 0 bridgehead atoms. The number of hydrogen-bond acceptors (Lipinski definition) is 1. The molecule has 1 aromatic carbocycles. The highest BCUT2D eigenvalue weighted by Gasteiger charge is 2.36. The minimum atomic E-state index is -0.219. The van der Waals surface area contributed by atoms with E-state index in [9.17, 15) is 4.79 Å². The number of fused-ring (bicyclic) bond motifs is 1. The minimum Gasteiger partial charge on any atom is -0.281 e. The first-order chi connectivity index (χ1) is 9.72. The Morgan fingerprint density at radius 1 is 1.05 bits per heavy atom. The van der Waals surface area contributed by atoms with Gasteiger partial charge in [-0.3, -0.25) is 4.79 Å². The number of benzene rings is 1. The number of carbonyl (C=O) groups is 1. The van der Waals surface area contributed by atoms with Crippen LogP contribution in [0.2, 0.25) is 0 Å². The largest absolute Gasteiger partial charge is 0.281 e. The number of unbranched alkanes of at least 4 members (excludes halogenated alkanes) is 1. The standard InChI is InChI=1S/C19H27ClO/c1-18(2)11-12-19(3,4)16-13-14(9-10-15(16)18)7-5-6-8-17(20)21/h9-10,13H,5-8,11-12H2,1-4H3. The molecule has 0 spiro atoms. The van der Waals surface area contributed by atoms with Crippen LogP contribution in [0.15, 0.2) is 18.2 Å². The van der Waals surface area contributed by atoms with Crippen molar-refractivity contribution in [3.05, 3.63) is 34.9 Å². The summed E-state index contributed by atoms with van der Waals surface area (Å²) in [7, 11) is 0. The molecular weight excluding hydrogens is 280 g/mol. The SMILES string of the molecule is CC1(C)CCC(C)(C)c2cc(CCCCC(=O)Cl)ccc21. The van der Waals surface area contributed by atoms with E-state index in [1.54, 1.807) is 0 Å². The fourth-order valence-electron chi connectivity index (χ4n) is 3.38. The quantitative estimate of drug-likeness (QED) is 0.517. The molecule has 0 radical (unpaired) electrons. The first-order valence-electron chi connectivity index (χ1n) is 8.05. The Labute approximate surface area is 134 Å². The molecule has 0 amide bonds. The monoisotopic (exact) mass is 306 g/mol. The van der Waals surface area contributed by atoms with Crippen molar-refractivity contribution in [2.75, 3.05) is 0 Å². The zero-order chi connectivity index (χ0) is 15.7. The maximum Gasteiger partial charge on any atom is 0.221 e. The summed E-state index contributed by atoms with van der Waals surface area (Å²) in [5, 5.41) is -0.219. The third-order valence-corrected chi connectivity index (χ3v) is 5.19. The highest BCUT2D eigenvalue weighted by atomic mass is 35.5. The Bertz CT molecular complexity index is 528. The van der Waals surface area contributed by atoms with Gasteiger partial charge in [0.05, 0.1) is 0 Å². The Balaban J connectivity index is 2.15. The molecule has 1 aliphatic carbocycles. The maximum absolute atomic E-state index is 10.8. The summed E-state index contributed by atoms with van der Waals surface area (Å²) in [4.78, 5) is 10.8. The van der Waals surface area contributed by atoms with Crippen molar-refractivity contribution in [3.8, 4) is 0 Å². The smallest absolute Gasteiger partial charge is 0.221 e. The van der Waals surface area contributed by atoms with Gasteiger partial charge in [-0.15, -0.1) is 0 Å². The van der Waals surface area contributed by atoms with Crippen LogP contribution in [-0.2, 0) is 22.0 Å². The molecule has 0 N–H and O–H groups in total. The average Bonchev–Trinajstić information content (AvgIpc) is 2.40. The number of hydrogen-bond donors (Lipinski definition) is 0. The summed E-state index contributed by atoms with van der Waals surface area (Å²) in [5.74, 6) is 0. The lowest BCUT2D eigenvalue weighted by Gasteiger charge is -2.42. The number of carbonyl (C=O) groups excluding carboxylic acids is 1. The fourth-order valence-corrected chi connectivity index (χ4v) is 3.52. The Morgan fingerprint density at radius 2 is 1.67 bits per heavy atom. The summed E-state index contributed by atoms with van der Waals surface area (Å²) in [6, 6.07) is 7.00. The van der Waals surface area contributed by atoms with E-state index in [0.29, 0.717) is 6.42 Å². The van der Waals surface area contributed by atoms with Crippen LogP contribution in [-0.4, -0.2) is 5.24 Å². The van der Waals surface area contributed by atoms with Gasteiger partial charge in [-0.2, -0.15) is 0 Å². The second-order valence-corrected chi connectivity index (χ2v) is 8.13. The zero-order valence-electron chi connectivity index (χ0n) is 13.8. The predicted molar refractivity (Wildman–Crippen MR) is 90.1 cm³/mol. The lowest BCUT2D eigenvalue weighted by Crippen LogP contribution is -2.33. The van der Waals surface area contributed by atoms with E-state index in [0.717, 1.165) is 19.3 Å². The van der Waals surface area contributed by atoms with Crippen LogP contribution in [0, 0.1) is 0 Å². The molecule has 0 aliphatic heterocycles. The van der Waals surface area contributed by atoms with Crippen LogP contribution in [0.3, 0.4) is 0 Å². The van der Waals surface area contributed by atoms with Crippen molar-refractivity contribution in [2.45, 2.75) is 77.0 Å². The lowest BCUT2D eigenvalue weighted by atomic mass is 9.63. The van der Waals surface area contributed by atoms with Crippen molar-refractivity contribution in [2.24, 2.45) is 0 Å². The van der Waals surface area contributed by atoms with Gasteiger partial charge in [-0.1, -0.05) is 45.9 Å². The predicted octanol–water partition coefficient (Wildman–Crippen LogP) is 5.51. The molecule has 0 saturated heterocycles. The molecule has 0 atom stereocenters. The van der Waals surface area contributed by atoms with Crippen molar-refractivity contribution in [1.29, 1.82) is 0 Å². The lowest BCUT2D eigenvalue weighted by molar-refractivity contribution is -0.111. The van der Waals surface area contributed by atoms with Crippen LogP contribution in [0.5, 0.6) is 0 Å². The molecule has 0 unspecified atom stereocenters. The molecule has 21 heavy (non-hydrogen) atoms. The second-order valence-electron chi connectivity index (χ2n) is 7.71. The zero-order valence-corrected chi connectivity index (χ0v) is 14.5. The van der Waals surface area contributed by atoms with Crippen LogP contribution in [0.1, 0.15) is 76.5 Å². The van der Waals surface area contributed by atoms with Crippen molar-refractivity contribution in [1.82, 2.24) is 0 Å². The molecule has 1 aliphatic rings. The van der Waals surface area contributed by atoms with E-state index in [2.05, 4.69) is 45.9 Å². The summed E-state index contributed by atoms with van der Waals surface area (Å²) in [5.41, 5.74) is 4.98. The maximum atomic E-state index is 10.8. The minimum absolute atomic E-state index is 0.219. The molecule has 0 heterocycles. The van der Waals surface area contributed by atoms with E-state index < -0.39 is 0 Å². The normalized spacial score (nSPS) is 19.1. The fraction of sp³-hybridized carbons (Fsp3) is 0.632. The third-order valence-electron chi connectivity index (χ3n) is 5.01. The Morgan fingerprint density at radius 3 is 2.29 bits per heavy atom. The molecule has 0 saturated carbocycles. The van der Waals surface area contributed by atoms with Gasteiger partial charge in [-0.25, -0.2) is 0 Å². The summed E-state index contributed by atoms with van der Waals surface area (Å²) in [6.45, 7) is 9.42. The average molecular weight is 307 g/mol.